The highest BCUT2D eigenvalue weighted by Gasteiger charge is 2.46. The first-order valence-corrected chi connectivity index (χ1v) is 19.9. The number of piperidine rings is 2. The first-order chi connectivity index (χ1) is 27.4. The van der Waals surface area contributed by atoms with Gasteiger partial charge in [0, 0.05) is 63.6 Å². The van der Waals surface area contributed by atoms with Gasteiger partial charge in [-0.15, -0.1) is 0 Å². The molecule has 0 radical (unpaired) electrons. The van der Waals surface area contributed by atoms with E-state index in [1.165, 1.54) is 32.5 Å². The molecule has 0 spiro atoms. The van der Waals surface area contributed by atoms with Crippen LogP contribution in [0.25, 0.3) is 0 Å². The van der Waals surface area contributed by atoms with Crippen molar-refractivity contribution in [1.29, 1.82) is 0 Å². The maximum atomic E-state index is 15.7. The number of hydrogen-bond acceptors (Lipinski definition) is 14. The van der Waals surface area contributed by atoms with Gasteiger partial charge < -0.3 is 34.6 Å². The summed E-state index contributed by atoms with van der Waals surface area (Å²) in [5.41, 5.74) is 1.75. The van der Waals surface area contributed by atoms with Crippen LogP contribution in [0.2, 0.25) is 5.02 Å². The Labute approximate surface area is 332 Å². The van der Waals surface area contributed by atoms with Crippen molar-refractivity contribution in [3.63, 3.8) is 0 Å². The molecule has 0 saturated carbocycles. The van der Waals surface area contributed by atoms with Crippen LogP contribution >= 0.6 is 19.2 Å². The van der Waals surface area contributed by atoms with E-state index in [0.29, 0.717) is 35.5 Å². The van der Waals surface area contributed by atoms with E-state index in [4.69, 9.17) is 25.4 Å². The van der Waals surface area contributed by atoms with Crippen molar-refractivity contribution in [1.82, 2.24) is 25.5 Å². The number of aromatic nitrogens is 2. The second-order valence-electron chi connectivity index (χ2n) is 13.5. The fourth-order valence-electron chi connectivity index (χ4n) is 7.13. The van der Waals surface area contributed by atoms with Gasteiger partial charge in [-0.1, -0.05) is 29.8 Å². The van der Waals surface area contributed by atoms with Gasteiger partial charge in [-0.05, 0) is 49.6 Å². The second-order valence-corrected chi connectivity index (χ2v) is 16.1. The summed E-state index contributed by atoms with van der Waals surface area (Å²) in [6.07, 6.45) is 2.90. The van der Waals surface area contributed by atoms with Crippen LogP contribution in [0.3, 0.4) is 0 Å². The number of fused-ring (bicyclic) bond motifs is 1. The van der Waals surface area contributed by atoms with Gasteiger partial charge in [-0.25, -0.2) is 9.37 Å². The van der Waals surface area contributed by atoms with E-state index >= 15 is 4.39 Å². The number of ether oxygens (including phenoxy) is 1. The summed E-state index contributed by atoms with van der Waals surface area (Å²) >= 11 is 6.44. The monoisotopic (exact) mass is 820 g/mol. The Morgan fingerprint density at radius 3 is 2.42 bits per heavy atom. The number of anilines is 5. The van der Waals surface area contributed by atoms with E-state index in [0.717, 1.165) is 23.4 Å². The first kappa shape index (κ1) is 39.8. The van der Waals surface area contributed by atoms with Crippen molar-refractivity contribution in [2.75, 3.05) is 50.0 Å². The van der Waals surface area contributed by atoms with E-state index in [1.807, 2.05) is 18.2 Å². The van der Waals surface area contributed by atoms with Crippen LogP contribution in [-0.4, -0.2) is 85.0 Å². The maximum Gasteiger partial charge on any atom is 0.362 e. The number of hydrogen-bond donors (Lipinski definition) is 4. The number of amides is 4. The predicted octanol–water partition coefficient (Wildman–Crippen LogP) is 5.04. The lowest BCUT2D eigenvalue weighted by Crippen LogP contribution is -2.54. The highest BCUT2D eigenvalue weighted by atomic mass is 35.5. The minimum Gasteiger partial charge on any atom is -0.494 e. The van der Waals surface area contributed by atoms with Crippen LogP contribution in [0.1, 0.15) is 52.0 Å². The second kappa shape index (κ2) is 16.6. The summed E-state index contributed by atoms with van der Waals surface area (Å²) in [6, 6.07) is 14.3. The van der Waals surface area contributed by atoms with Crippen molar-refractivity contribution in [2.24, 2.45) is 0 Å². The van der Waals surface area contributed by atoms with Gasteiger partial charge in [-0.2, -0.15) is 4.98 Å². The van der Waals surface area contributed by atoms with Gasteiger partial charge in [0.1, 0.15) is 22.6 Å². The molecule has 19 heteroatoms. The Hall–Kier alpha value is -5.45. The Morgan fingerprint density at radius 2 is 1.70 bits per heavy atom. The molecular formula is C38H39ClFN8O8P. The summed E-state index contributed by atoms with van der Waals surface area (Å²) in [6.45, 7) is 1.53. The van der Waals surface area contributed by atoms with Crippen molar-refractivity contribution < 1.29 is 41.9 Å². The lowest BCUT2D eigenvalue weighted by Gasteiger charge is -2.34. The molecule has 1 atom stereocenters. The summed E-state index contributed by atoms with van der Waals surface area (Å²) in [4.78, 5) is 62.1. The van der Waals surface area contributed by atoms with Crippen LogP contribution < -0.4 is 36.2 Å². The average molecular weight is 821 g/mol. The van der Waals surface area contributed by atoms with E-state index in [9.17, 15) is 23.7 Å². The molecule has 2 fully saturated rings. The molecule has 1 aromatic heterocycles. The number of benzene rings is 3. The minimum absolute atomic E-state index is 0.00848. The van der Waals surface area contributed by atoms with Crippen molar-refractivity contribution >= 4 is 77.0 Å². The molecule has 0 bridgehead atoms. The zero-order valence-corrected chi connectivity index (χ0v) is 32.8. The number of halogens is 2. The summed E-state index contributed by atoms with van der Waals surface area (Å²) < 4.78 is 45.0. The quantitative estimate of drug-likeness (QED) is 0.104. The van der Waals surface area contributed by atoms with Crippen LogP contribution in [-0.2, 0) is 29.7 Å². The lowest BCUT2D eigenvalue weighted by molar-refractivity contribution is -0.136. The molecule has 3 aromatic carbocycles. The Balaban J connectivity index is 0.966. The highest BCUT2D eigenvalue weighted by Crippen LogP contribution is 2.47. The Kier molecular flexibility index (Phi) is 11.6. The number of carbonyl (C=O) groups is 4. The molecule has 3 aliphatic rings. The molecule has 4 aromatic rings. The van der Waals surface area contributed by atoms with Crippen LogP contribution in [0, 0.1) is 5.82 Å². The topological polar surface area (TPSA) is 193 Å². The number of nitrogens with zero attached hydrogens (tertiary/aromatic N) is 4. The molecule has 1 unspecified atom stereocenters. The molecule has 0 aliphatic carbocycles. The van der Waals surface area contributed by atoms with E-state index < -0.39 is 43.1 Å². The zero-order chi connectivity index (χ0) is 40.4. The molecular weight excluding hydrogens is 782 g/mol. The van der Waals surface area contributed by atoms with Crippen LogP contribution in [0.5, 0.6) is 5.75 Å². The molecule has 2 saturated heterocycles. The standard InChI is InChI=1S/C38H39ClFN8O8P/c1-54-29-18-23(9-11-26(29)44-38-42-20-25(39)34(46-38)43-27-6-4-5-7-30(27)57(53,55-2)56-3)47-16-14-22(15-17-47)41-19-21-8-10-24-32(33(21)40)37(52)48(36(24)51)28-12-13-31(49)45-35(28)50/h4-11,18,20,22,28,41H,12-17,19H2,1-3H3,(H,45,49,50)(H2,42,43,44,46). The largest absolute Gasteiger partial charge is 0.494 e. The number of carbonyl (C=O) groups excluding carboxylic acids is 4. The Morgan fingerprint density at radius 1 is 0.947 bits per heavy atom. The van der Waals surface area contributed by atoms with Crippen molar-refractivity contribution in [3.05, 3.63) is 88.3 Å². The summed E-state index contributed by atoms with van der Waals surface area (Å²) in [5.74, 6) is -2.63. The van der Waals surface area contributed by atoms with Gasteiger partial charge >= 0.3 is 7.60 Å². The summed E-state index contributed by atoms with van der Waals surface area (Å²) in [5, 5.41) is 12.3. The first-order valence-electron chi connectivity index (χ1n) is 18.0. The number of methoxy groups -OCH3 is 1. The van der Waals surface area contributed by atoms with Crippen molar-refractivity contribution in [3.8, 4) is 5.75 Å². The molecule has 298 valence electrons. The molecule has 3 aliphatic heterocycles. The zero-order valence-electron chi connectivity index (χ0n) is 31.1. The molecule has 4 heterocycles. The SMILES string of the molecule is COc1cc(N2CCC(NCc3ccc4c(c3F)C(=O)N(C3CCC(=O)NC3=O)C4=O)CC2)ccc1Nc1ncc(Cl)c(Nc2ccccc2P(=O)(OC)OC)n1. The van der Waals surface area contributed by atoms with Gasteiger partial charge in [-0.3, -0.25) is 34.0 Å². The normalized spacial score (nSPS) is 17.5. The lowest BCUT2D eigenvalue weighted by atomic mass is 10.0. The molecule has 7 rings (SSSR count). The van der Waals surface area contributed by atoms with Crippen LogP contribution in [0.15, 0.2) is 60.8 Å². The highest BCUT2D eigenvalue weighted by molar-refractivity contribution is 7.62. The molecule has 16 nitrogen and oxygen atoms in total. The number of rotatable bonds is 13. The Bertz CT molecular complexity index is 2300. The fourth-order valence-corrected chi connectivity index (χ4v) is 8.50. The summed E-state index contributed by atoms with van der Waals surface area (Å²) in [7, 11) is 0.579. The van der Waals surface area contributed by atoms with E-state index in [-0.39, 0.29) is 58.9 Å². The number of nitrogens with one attached hydrogen (secondary N) is 4. The van der Waals surface area contributed by atoms with Crippen molar-refractivity contribution in [2.45, 2.75) is 44.3 Å². The smallest absolute Gasteiger partial charge is 0.362 e. The van der Waals surface area contributed by atoms with Crippen LogP contribution in [0.4, 0.5) is 33.2 Å². The fraction of sp³-hybridized carbons (Fsp3) is 0.316. The molecule has 4 N–H and O–H groups in total. The minimum atomic E-state index is -3.59. The number of para-hydroxylation sites is 1. The molecule has 4 amide bonds. The van der Waals surface area contributed by atoms with Gasteiger partial charge in [0.25, 0.3) is 11.8 Å². The van der Waals surface area contributed by atoms with Gasteiger partial charge in [0.15, 0.2) is 5.82 Å². The number of imide groups is 2. The third kappa shape index (κ3) is 7.93. The third-order valence-corrected chi connectivity index (χ3v) is 12.4. The van der Waals surface area contributed by atoms with E-state index in [1.54, 1.807) is 31.4 Å². The van der Waals surface area contributed by atoms with Gasteiger partial charge in [0.2, 0.25) is 17.8 Å². The predicted molar refractivity (Wildman–Crippen MR) is 209 cm³/mol. The third-order valence-electron chi connectivity index (χ3n) is 10.2. The molecule has 57 heavy (non-hydrogen) atoms. The van der Waals surface area contributed by atoms with E-state index in [2.05, 4.69) is 36.1 Å². The average Bonchev–Trinajstić information content (AvgIpc) is 3.47. The maximum absolute atomic E-state index is 15.7. The van der Waals surface area contributed by atoms with Gasteiger partial charge in [0.05, 0.1) is 41.1 Å².